The molecule has 1 atom stereocenters. The van der Waals surface area contributed by atoms with E-state index < -0.39 is 0 Å². The lowest BCUT2D eigenvalue weighted by Gasteiger charge is -2.11. The van der Waals surface area contributed by atoms with Gasteiger partial charge >= 0.3 is 0 Å². The van der Waals surface area contributed by atoms with Crippen molar-refractivity contribution >= 4 is 5.91 Å². The van der Waals surface area contributed by atoms with Gasteiger partial charge in [-0.3, -0.25) is 4.79 Å². The fourth-order valence-corrected chi connectivity index (χ4v) is 1.93. The predicted molar refractivity (Wildman–Crippen MR) is 73.4 cm³/mol. The molecule has 0 bridgehead atoms. The van der Waals surface area contributed by atoms with Crippen LogP contribution in [0.1, 0.15) is 23.2 Å². The van der Waals surface area contributed by atoms with Crippen LogP contribution in [-0.2, 0) is 4.74 Å². The number of nitrogens with one attached hydrogen (secondary N) is 1. The lowest BCUT2D eigenvalue weighted by molar-refractivity contribution is 0.0679. The zero-order chi connectivity index (χ0) is 13.5. The van der Waals surface area contributed by atoms with Crippen molar-refractivity contribution < 1.29 is 14.3 Å². The van der Waals surface area contributed by atoms with Gasteiger partial charge in [0.25, 0.3) is 5.91 Å². The molecule has 1 fully saturated rings. The van der Waals surface area contributed by atoms with Gasteiger partial charge in [0.1, 0.15) is 12.4 Å². The maximum atomic E-state index is 11.7. The van der Waals surface area contributed by atoms with E-state index in [2.05, 4.69) is 11.9 Å². The number of ether oxygens (including phenoxy) is 2. The van der Waals surface area contributed by atoms with Crippen LogP contribution < -0.4 is 10.1 Å². The maximum Gasteiger partial charge on any atom is 0.251 e. The van der Waals surface area contributed by atoms with Crippen molar-refractivity contribution in [3.63, 3.8) is 0 Å². The molecule has 0 radical (unpaired) electrons. The summed E-state index contributed by atoms with van der Waals surface area (Å²) < 4.78 is 11.1. The molecular weight excluding hydrogens is 242 g/mol. The Hall–Kier alpha value is -1.81. The first-order valence-corrected chi connectivity index (χ1v) is 6.53. The van der Waals surface area contributed by atoms with Crippen LogP contribution in [0.4, 0.5) is 0 Å². The van der Waals surface area contributed by atoms with Crippen LogP contribution in [0.15, 0.2) is 36.9 Å². The number of carbonyl (C=O) groups excluding carboxylic acids is 1. The third-order valence-corrected chi connectivity index (χ3v) is 2.98. The average Bonchev–Trinajstić information content (AvgIpc) is 2.96. The standard InChI is InChI=1S/C15H19NO3/c1-2-9-16-15(17)12-5-7-13(8-6-12)19-11-14-4-3-10-18-14/h2,5-8,14H,1,3-4,9-11H2,(H,16,17). The topological polar surface area (TPSA) is 47.6 Å². The van der Waals surface area contributed by atoms with Gasteiger partial charge in [-0.25, -0.2) is 0 Å². The third-order valence-electron chi connectivity index (χ3n) is 2.98. The van der Waals surface area contributed by atoms with Gasteiger partial charge in [0.05, 0.1) is 6.10 Å². The quantitative estimate of drug-likeness (QED) is 0.798. The van der Waals surface area contributed by atoms with E-state index >= 15 is 0 Å². The lowest BCUT2D eigenvalue weighted by atomic mass is 10.2. The Labute approximate surface area is 113 Å². The van der Waals surface area contributed by atoms with Gasteiger partial charge in [0.15, 0.2) is 0 Å². The van der Waals surface area contributed by atoms with Crippen LogP contribution >= 0.6 is 0 Å². The van der Waals surface area contributed by atoms with E-state index in [1.54, 1.807) is 30.3 Å². The van der Waals surface area contributed by atoms with E-state index in [9.17, 15) is 4.79 Å². The minimum Gasteiger partial charge on any atom is -0.491 e. The molecule has 1 unspecified atom stereocenters. The normalized spacial score (nSPS) is 18.0. The van der Waals surface area contributed by atoms with Crippen molar-refractivity contribution in [3.05, 3.63) is 42.5 Å². The summed E-state index contributed by atoms with van der Waals surface area (Å²) in [6, 6.07) is 7.11. The minimum absolute atomic E-state index is 0.106. The molecule has 102 valence electrons. The van der Waals surface area contributed by atoms with E-state index in [0.717, 1.165) is 25.2 Å². The Balaban J connectivity index is 1.83. The van der Waals surface area contributed by atoms with Crippen LogP contribution in [0.3, 0.4) is 0 Å². The van der Waals surface area contributed by atoms with Gasteiger partial charge in [-0.1, -0.05) is 6.08 Å². The molecule has 0 saturated carbocycles. The van der Waals surface area contributed by atoms with Gasteiger partial charge in [0.2, 0.25) is 0 Å². The highest BCUT2D eigenvalue weighted by molar-refractivity contribution is 5.94. The zero-order valence-electron chi connectivity index (χ0n) is 10.9. The van der Waals surface area contributed by atoms with E-state index in [1.807, 2.05) is 0 Å². The first kappa shape index (κ1) is 13.6. The van der Waals surface area contributed by atoms with Crippen molar-refractivity contribution in [1.82, 2.24) is 5.32 Å². The van der Waals surface area contributed by atoms with Crippen LogP contribution in [0.25, 0.3) is 0 Å². The Bertz CT molecular complexity index is 422. The molecule has 0 aliphatic carbocycles. The second-order valence-corrected chi connectivity index (χ2v) is 4.47. The first-order valence-electron chi connectivity index (χ1n) is 6.53. The van der Waals surface area contributed by atoms with Crippen molar-refractivity contribution in [2.75, 3.05) is 19.8 Å². The molecule has 1 aliphatic rings. The third kappa shape index (κ3) is 4.10. The number of hydrogen-bond acceptors (Lipinski definition) is 3. The van der Waals surface area contributed by atoms with Crippen LogP contribution in [0.2, 0.25) is 0 Å². The van der Waals surface area contributed by atoms with Crippen molar-refractivity contribution in [3.8, 4) is 5.75 Å². The van der Waals surface area contributed by atoms with Crippen molar-refractivity contribution in [1.29, 1.82) is 0 Å². The summed E-state index contributed by atoms with van der Waals surface area (Å²) in [5, 5.41) is 2.73. The first-order chi connectivity index (χ1) is 9.29. The molecule has 1 amide bonds. The van der Waals surface area contributed by atoms with Gasteiger partial charge in [-0.05, 0) is 37.1 Å². The second kappa shape index (κ2) is 6.95. The molecule has 1 N–H and O–H groups in total. The highest BCUT2D eigenvalue weighted by atomic mass is 16.5. The van der Waals surface area contributed by atoms with Gasteiger partial charge in [0, 0.05) is 18.7 Å². The largest absolute Gasteiger partial charge is 0.491 e. The predicted octanol–water partition coefficient (Wildman–Crippen LogP) is 2.16. The molecule has 2 rings (SSSR count). The molecule has 1 aromatic carbocycles. The molecule has 1 heterocycles. The van der Waals surface area contributed by atoms with Crippen molar-refractivity contribution in [2.45, 2.75) is 18.9 Å². The Morgan fingerprint density at radius 2 is 2.26 bits per heavy atom. The molecule has 0 spiro atoms. The monoisotopic (exact) mass is 261 g/mol. The summed E-state index contributed by atoms with van der Waals surface area (Å²) in [5.41, 5.74) is 0.617. The summed E-state index contributed by atoms with van der Waals surface area (Å²) in [7, 11) is 0. The zero-order valence-corrected chi connectivity index (χ0v) is 10.9. The molecule has 1 aromatic rings. The molecule has 19 heavy (non-hydrogen) atoms. The van der Waals surface area contributed by atoms with Crippen LogP contribution in [0.5, 0.6) is 5.75 Å². The molecule has 4 heteroatoms. The summed E-state index contributed by atoms with van der Waals surface area (Å²) in [6.07, 6.45) is 4.02. The average molecular weight is 261 g/mol. The van der Waals surface area contributed by atoms with Gasteiger partial charge in [-0.15, -0.1) is 6.58 Å². The highest BCUT2D eigenvalue weighted by Crippen LogP contribution is 2.16. The van der Waals surface area contributed by atoms with Crippen LogP contribution in [-0.4, -0.2) is 31.8 Å². The Kier molecular flexibility index (Phi) is 4.98. The van der Waals surface area contributed by atoms with E-state index in [0.29, 0.717) is 18.7 Å². The van der Waals surface area contributed by atoms with E-state index in [1.165, 1.54) is 0 Å². The number of benzene rings is 1. The fourth-order valence-electron chi connectivity index (χ4n) is 1.93. The summed E-state index contributed by atoms with van der Waals surface area (Å²) in [6.45, 7) is 5.43. The van der Waals surface area contributed by atoms with E-state index in [-0.39, 0.29) is 12.0 Å². The molecule has 1 saturated heterocycles. The number of amides is 1. The van der Waals surface area contributed by atoms with Crippen LogP contribution in [0, 0.1) is 0 Å². The highest BCUT2D eigenvalue weighted by Gasteiger charge is 2.15. The van der Waals surface area contributed by atoms with Gasteiger partial charge < -0.3 is 14.8 Å². The molecular formula is C15H19NO3. The van der Waals surface area contributed by atoms with Crippen molar-refractivity contribution in [2.24, 2.45) is 0 Å². The maximum absolute atomic E-state index is 11.7. The number of hydrogen-bond donors (Lipinski definition) is 1. The molecule has 1 aliphatic heterocycles. The summed E-state index contributed by atoms with van der Waals surface area (Å²) >= 11 is 0. The lowest BCUT2D eigenvalue weighted by Crippen LogP contribution is -2.23. The summed E-state index contributed by atoms with van der Waals surface area (Å²) in [4.78, 5) is 11.7. The minimum atomic E-state index is -0.106. The smallest absolute Gasteiger partial charge is 0.251 e. The summed E-state index contributed by atoms with van der Waals surface area (Å²) in [5.74, 6) is 0.654. The number of carbonyl (C=O) groups is 1. The second-order valence-electron chi connectivity index (χ2n) is 4.47. The fraction of sp³-hybridized carbons (Fsp3) is 0.400. The number of rotatable bonds is 6. The Morgan fingerprint density at radius 1 is 1.47 bits per heavy atom. The SMILES string of the molecule is C=CCNC(=O)c1ccc(OCC2CCCO2)cc1. The molecule has 4 nitrogen and oxygen atoms in total. The Morgan fingerprint density at radius 3 is 2.89 bits per heavy atom. The van der Waals surface area contributed by atoms with E-state index in [4.69, 9.17) is 9.47 Å². The van der Waals surface area contributed by atoms with Gasteiger partial charge in [-0.2, -0.15) is 0 Å². The molecule has 0 aromatic heterocycles.